The molecule has 14 nitrogen and oxygen atoms in total. The maximum Gasteiger partial charge on any atom is 0.273 e. The number of thiazole rings is 1. The number of aliphatic hydroxyl groups is 1. The van der Waals surface area contributed by atoms with Crippen molar-refractivity contribution in [2.75, 3.05) is 27.3 Å². The van der Waals surface area contributed by atoms with Crippen molar-refractivity contribution in [2.24, 2.45) is 11.8 Å². The van der Waals surface area contributed by atoms with Crippen LogP contribution >= 0.6 is 11.3 Å². The van der Waals surface area contributed by atoms with Crippen LogP contribution in [0.2, 0.25) is 0 Å². The average molecular weight is 833 g/mol. The van der Waals surface area contributed by atoms with Crippen molar-refractivity contribution in [1.29, 1.82) is 0 Å². The van der Waals surface area contributed by atoms with Crippen LogP contribution in [0.4, 0.5) is 4.39 Å². The minimum atomic E-state index is -1.11. The standard InChI is InChI=1S/C26H30N4O6S.C10H16N2O2.C7H7F/c1-35-18-8-7-17(21(12-18)36-2)14-30-10-9-16(26(30)34)11-20(28-23(32)13-27-15-31)24(33)25-29-19-5-3-4-6-22(19)37-25;1-6(2)8(4)11-10(13)9-5-7(3)14-12-9;1-6-2-4-7(8)5-3-6/h3-8,12,15-16,20,24,33H,9-11,13-14H2,1-2H3,(H,27,31)(H,28,32);5-6,8H,1-4H3,(H,11,13);2-5H,1H3. The fraction of sp³-hybridized carbons (Fsp3) is 0.395. The van der Waals surface area contributed by atoms with Crippen LogP contribution in [0, 0.1) is 31.5 Å². The molecule has 4 N–H and O–H groups in total. The van der Waals surface area contributed by atoms with Gasteiger partial charge in [-0.25, -0.2) is 9.37 Å². The molecule has 3 heterocycles. The van der Waals surface area contributed by atoms with Gasteiger partial charge in [-0.15, -0.1) is 11.3 Å². The Morgan fingerprint density at radius 2 is 1.76 bits per heavy atom. The van der Waals surface area contributed by atoms with Gasteiger partial charge in [-0.2, -0.15) is 0 Å². The van der Waals surface area contributed by atoms with E-state index in [1.807, 2.05) is 50.2 Å². The molecule has 5 aromatic rings. The van der Waals surface area contributed by atoms with Crippen LogP contribution in [0.25, 0.3) is 10.2 Å². The molecule has 0 bridgehead atoms. The number of nitrogens with zero attached hydrogens (tertiary/aromatic N) is 3. The number of fused-ring (bicyclic) bond motifs is 1. The molecular formula is C43H53FN6O8S. The van der Waals surface area contributed by atoms with E-state index in [2.05, 4.69) is 39.9 Å². The zero-order chi connectivity index (χ0) is 43.1. The van der Waals surface area contributed by atoms with Crippen LogP contribution in [0.5, 0.6) is 11.5 Å². The van der Waals surface area contributed by atoms with Gasteiger partial charge in [0.1, 0.15) is 34.2 Å². The highest BCUT2D eigenvalue weighted by Crippen LogP contribution is 2.34. The van der Waals surface area contributed by atoms with Gasteiger partial charge in [0.15, 0.2) is 5.69 Å². The molecule has 1 saturated heterocycles. The Balaban J connectivity index is 0.000000283. The molecule has 0 aliphatic carbocycles. The number of aromatic nitrogens is 2. The van der Waals surface area contributed by atoms with Crippen molar-refractivity contribution in [3.05, 3.63) is 106 Å². The number of hydrogen-bond donors (Lipinski definition) is 4. The first kappa shape index (κ1) is 45.8. The number of nitrogens with one attached hydrogen (secondary N) is 3. The second-order valence-corrected chi connectivity index (χ2v) is 15.5. The number of ether oxygens (including phenoxy) is 2. The van der Waals surface area contributed by atoms with Crippen molar-refractivity contribution >= 4 is 45.7 Å². The third kappa shape index (κ3) is 13.6. The van der Waals surface area contributed by atoms with Gasteiger partial charge in [0.25, 0.3) is 5.91 Å². The van der Waals surface area contributed by atoms with Crippen LogP contribution in [0.15, 0.2) is 77.3 Å². The lowest BCUT2D eigenvalue weighted by molar-refractivity contribution is -0.132. The highest BCUT2D eigenvalue weighted by Gasteiger charge is 2.37. The first-order chi connectivity index (χ1) is 28.2. The summed E-state index contributed by atoms with van der Waals surface area (Å²) in [4.78, 5) is 54.2. The van der Waals surface area contributed by atoms with Crippen LogP contribution in [-0.2, 0) is 20.9 Å². The third-order valence-corrected chi connectivity index (χ3v) is 10.8. The molecule has 4 unspecified atom stereocenters. The zero-order valence-corrected chi connectivity index (χ0v) is 35.2. The Kier molecular flexibility index (Phi) is 17.3. The highest BCUT2D eigenvalue weighted by molar-refractivity contribution is 7.18. The Bertz CT molecular complexity index is 2090. The number of amides is 4. The molecule has 1 aliphatic rings. The first-order valence-electron chi connectivity index (χ1n) is 19.2. The largest absolute Gasteiger partial charge is 0.497 e. The summed E-state index contributed by atoms with van der Waals surface area (Å²) in [5.41, 5.74) is 3.05. The van der Waals surface area contributed by atoms with Crippen molar-refractivity contribution < 1.29 is 42.7 Å². The fourth-order valence-corrected chi connectivity index (χ4v) is 6.99. The van der Waals surface area contributed by atoms with E-state index in [4.69, 9.17) is 14.0 Å². The number of para-hydroxylation sites is 1. The van der Waals surface area contributed by atoms with E-state index in [0.717, 1.165) is 21.3 Å². The van der Waals surface area contributed by atoms with E-state index < -0.39 is 24.0 Å². The maximum absolute atomic E-state index is 13.3. The van der Waals surface area contributed by atoms with E-state index in [1.54, 1.807) is 50.3 Å². The van der Waals surface area contributed by atoms with E-state index >= 15 is 0 Å². The van der Waals surface area contributed by atoms with Crippen molar-refractivity contribution in [3.8, 4) is 11.5 Å². The lowest BCUT2D eigenvalue weighted by Crippen LogP contribution is -2.45. The lowest BCUT2D eigenvalue weighted by atomic mass is 9.95. The first-order valence-corrected chi connectivity index (χ1v) is 20.0. The summed E-state index contributed by atoms with van der Waals surface area (Å²) in [5.74, 6) is 1.10. The summed E-state index contributed by atoms with van der Waals surface area (Å²) in [6.45, 7) is 10.5. The molecule has 16 heteroatoms. The Morgan fingerprint density at radius 1 is 1.03 bits per heavy atom. The Morgan fingerprint density at radius 3 is 2.37 bits per heavy atom. The number of aliphatic hydroxyl groups excluding tert-OH is 1. The number of hydrogen-bond acceptors (Lipinski definition) is 11. The number of halogens is 1. The molecule has 316 valence electrons. The fourth-order valence-electron chi connectivity index (χ4n) is 5.98. The number of carbonyl (C=O) groups excluding carboxylic acids is 4. The normalized spacial score (nSPS) is 14.9. The SMILES string of the molecule is COc1ccc(CN2CCC(CC(NC(=O)CNC=O)C(O)c3nc4ccccc4s3)C2=O)c(OC)c1.Cc1cc(C(=O)NC(C)C(C)C)no1.Cc1ccc(F)cc1. The molecule has 0 radical (unpaired) electrons. The molecule has 4 amide bonds. The summed E-state index contributed by atoms with van der Waals surface area (Å²) in [6.07, 6.45) is 0.146. The van der Waals surface area contributed by atoms with E-state index in [-0.39, 0.29) is 36.6 Å². The molecule has 0 saturated carbocycles. The summed E-state index contributed by atoms with van der Waals surface area (Å²) >= 11 is 1.34. The van der Waals surface area contributed by atoms with Crippen LogP contribution in [0.1, 0.15) is 72.1 Å². The highest BCUT2D eigenvalue weighted by atomic mass is 32.1. The van der Waals surface area contributed by atoms with Crippen LogP contribution in [-0.4, -0.2) is 83.7 Å². The van der Waals surface area contributed by atoms with Crippen molar-refractivity contribution in [2.45, 2.75) is 72.2 Å². The molecule has 4 atom stereocenters. The maximum atomic E-state index is 13.3. The number of benzene rings is 3. The van der Waals surface area contributed by atoms with Gasteiger partial charge in [-0.3, -0.25) is 19.2 Å². The molecule has 3 aromatic carbocycles. The van der Waals surface area contributed by atoms with E-state index in [1.165, 1.54) is 23.5 Å². The third-order valence-electron chi connectivity index (χ3n) is 9.67. The number of likely N-dealkylation sites (tertiary alicyclic amines) is 1. The van der Waals surface area contributed by atoms with Crippen LogP contribution < -0.4 is 25.4 Å². The van der Waals surface area contributed by atoms with Gasteiger partial charge in [-0.05, 0) is 75.9 Å². The van der Waals surface area contributed by atoms with Gasteiger partial charge < -0.3 is 40.0 Å². The number of aryl methyl sites for hydroxylation is 2. The summed E-state index contributed by atoms with van der Waals surface area (Å²) in [5, 5.41) is 23.3. The zero-order valence-electron chi connectivity index (χ0n) is 34.4. The minimum Gasteiger partial charge on any atom is -0.497 e. The van der Waals surface area contributed by atoms with E-state index in [0.29, 0.717) is 59.8 Å². The lowest BCUT2D eigenvalue weighted by Gasteiger charge is -2.25. The summed E-state index contributed by atoms with van der Waals surface area (Å²) < 4.78 is 28.5. The number of rotatable bonds is 15. The second kappa shape index (κ2) is 22.3. The van der Waals surface area contributed by atoms with Gasteiger partial charge in [-0.1, -0.05) is 48.8 Å². The van der Waals surface area contributed by atoms with Crippen molar-refractivity contribution in [3.63, 3.8) is 0 Å². The molecule has 59 heavy (non-hydrogen) atoms. The van der Waals surface area contributed by atoms with Crippen LogP contribution in [0.3, 0.4) is 0 Å². The van der Waals surface area contributed by atoms with Gasteiger partial charge in [0.05, 0.1) is 37.0 Å². The number of carbonyl (C=O) groups is 4. The smallest absolute Gasteiger partial charge is 0.273 e. The monoisotopic (exact) mass is 832 g/mol. The molecular weight excluding hydrogens is 780 g/mol. The predicted octanol–water partition coefficient (Wildman–Crippen LogP) is 5.91. The van der Waals surface area contributed by atoms with Crippen molar-refractivity contribution in [1.82, 2.24) is 31.0 Å². The molecule has 2 aromatic heterocycles. The molecule has 1 aliphatic heterocycles. The van der Waals surface area contributed by atoms with Gasteiger partial charge >= 0.3 is 0 Å². The molecule has 1 fully saturated rings. The quantitative estimate of drug-likeness (QED) is 0.0926. The topological polar surface area (TPSA) is 185 Å². The predicted molar refractivity (Wildman–Crippen MR) is 222 cm³/mol. The minimum absolute atomic E-state index is 0.0559. The van der Waals surface area contributed by atoms with Gasteiger partial charge in [0, 0.05) is 42.7 Å². The molecule has 6 rings (SSSR count). The van der Waals surface area contributed by atoms with Gasteiger partial charge in [0.2, 0.25) is 18.2 Å². The Hall–Kier alpha value is -5.87. The summed E-state index contributed by atoms with van der Waals surface area (Å²) in [7, 11) is 3.15. The summed E-state index contributed by atoms with van der Waals surface area (Å²) in [6, 6.07) is 20.4. The van der Waals surface area contributed by atoms with E-state index in [9.17, 15) is 28.7 Å². The second-order valence-electron chi connectivity index (χ2n) is 14.4. The molecule has 0 spiro atoms. The Labute approximate surface area is 347 Å². The number of methoxy groups -OCH3 is 2. The average Bonchev–Trinajstić information content (AvgIpc) is 3.96.